The summed E-state index contributed by atoms with van der Waals surface area (Å²) in [4.78, 5) is 4.37. The van der Waals surface area contributed by atoms with Gasteiger partial charge in [0.25, 0.3) is 0 Å². The predicted molar refractivity (Wildman–Crippen MR) is 94.2 cm³/mol. The number of aromatic nitrogens is 1. The summed E-state index contributed by atoms with van der Waals surface area (Å²) < 4.78 is 6.21. The molecule has 0 saturated heterocycles. The summed E-state index contributed by atoms with van der Waals surface area (Å²) in [6.45, 7) is 0. The normalized spacial score (nSPS) is 16.6. The van der Waals surface area contributed by atoms with Crippen molar-refractivity contribution in [1.29, 1.82) is 0 Å². The third-order valence-electron chi connectivity index (χ3n) is 4.30. The number of rotatable bonds is 4. The molecule has 1 aliphatic rings. The fraction of sp³-hybridized carbons (Fsp3) is 0.250. The Balaban J connectivity index is 1.46. The van der Waals surface area contributed by atoms with Crippen LogP contribution in [-0.4, -0.2) is 11.1 Å². The first-order chi connectivity index (χ1) is 11.4. The van der Waals surface area contributed by atoms with Gasteiger partial charge < -0.3 is 4.74 Å². The summed E-state index contributed by atoms with van der Waals surface area (Å²) >= 11 is 1.71. The summed E-state index contributed by atoms with van der Waals surface area (Å²) in [6.07, 6.45) is 6.24. The molecule has 4 rings (SSSR count). The highest BCUT2D eigenvalue weighted by molar-refractivity contribution is 7.09. The number of thiazole rings is 1. The van der Waals surface area contributed by atoms with Crippen molar-refractivity contribution in [3.63, 3.8) is 0 Å². The van der Waals surface area contributed by atoms with Crippen LogP contribution in [0, 0.1) is 0 Å². The Labute approximate surface area is 140 Å². The molecule has 1 atom stereocenters. The fourth-order valence-corrected chi connectivity index (χ4v) is 3.79. The van der Waals surface area contributed by atoms with Crippen LogP contribution in [0.15, 0.2) is 60.1 Å². The molecule has 0 aliphatic carbocycles. The van der Waals surface area contributed by atoms with Crippen LogP contribution < -0.4 is 4.74 Å². The molecule has 0 spiro atoms. The van der Waals surface area contributed by atoms with Crippen molar-refractivity contribution in [3.05, 3.63) is 81.8 Å². The van der Waals surface area contributed by atoms with Gasteiger partial charge in [0, 0.05) is 24.4 Å². The second-order valence-corrected chi connectivity index (χ2v) is 6.99. The summed E-state index contributed by atoms with van der Waals surface area (Å²) in [5.74, 6) is 1.06. The molecule has 0 N–H and O–H groups in total. The molecule has 0 bridgehead atoms. The Hall–Kier alpha value is -2.13. The molecule has 116 valence electrons. The van der Waals surface area contributed by atoms with Gasteiger partial charge in [-0.25, -0.2) is 4.98 Å². The number of hydrogen-bond donors (Lipinski definition) is 0. The van der Waals surface area contributed by atoms with Gasteiger partial charge in [-0.15, -0.1) is 11.3 Å². The van der Waals surface area contributed by atoms with Crippen molar-refractivity contribution in [1.82, 2.24) is 4.98 Å². The lowest BCUT2D eigenvalue weighted by Crippen LogP contribution is -2.25. The minimum absolute atomic E-state index is 0.287. The molecule has 23 heavy (non-hydrogen) atoms. The zero-order valence-electron chi connectivity index (χ0n) is 12.9. The molecule has 0 fully saturated rings. The van der Waals surface area contributed by atoms with E-state index in [4.69, 9.17) is 4.74 Å². The van der Waals surface area contributed by atoms with Crippen molar-refractivity contribution in [3.8, 4) is 5.75 Å². The molecule has 0 radical (unpaired) electrons. The van der Waals surface area contributed by atoms with Crippen LogP contribution in [0.4, 0.5) is 0 Å². The van der Waals surface area contributed by atoms with E-state index < -0.39 is 0 Å². The lowest BCUT2D eigenvalue weighted by Gasteiger charge is -2.26. The van der Waals surface area contributed by atoms with E-state index in [0.29, 0.717) is 0 Å². The number of hydrogen-bond acceptors (Lipinski definition) is 3. The first kappa shape index (κ1) is 14.5. The van der Waals surface area contributed by atoms with E-state index in [9.17, 15) is 0 Å². The maximum atomic E-state index is 6.21. The van der Waals surface area contributed by atoms with Gasteiger partial charge in [0.2, 0.25) is 0 Å². The first-order valence-electron chi connectivity index (χ1n) is 8.07. The van der Waals surface area contributed by atoms with Gasteiger partial charge >= 0.3 is 0 Å². The number of aryl methyl sites for hydroxylation is 1. The highest BCUT2D eigenvalue weighted by atomic mass is 32.1. The zero-order chi connectivity index (χ0) is 15.5. The highest BCUT2D eigenvalue weighted by Crippen LogP contribution is 2.30. The largest absolute Gasteiger partial charge is 0.490 e. The van der Waals surface area contributed by atoms with Gasteiger partial charge in [0.15, 0.2) is 0 Å². The van der Waals surface area contributed by atoms with Crippen LogP contribution in [0.2, 0.25) is 0 Å². The maximum Gasteiger partial charge on any atom is 0.122 e. The van der Waals surface area contributed by atoms with E-state index in [1.165, 1.54) is 21.7 Å². The third kappa shape index (κ3) is 3.45. The second-order valence-electron chi connectivity index (χ2n) is 6.01. The van der Waals surface area contributed by atoms with Crippen LogP contribution in [0.25, 0.3) is 0 Å². The molecule has 2 nitrogen and oxygen atoms in total. The van der Waals surface area contributed by atoms with Gasteiger partial charge in [0.1, 0.15) is 11.9 Å². The average Bonchev–Trinajstić information content (AvgIpc) is 3.09. The van der Waals surface area contributed by atoms with Crippen LogP contribution in [0.1, 0.15) is 28.1 Å². The average molecular weight is 321 g/mol. The summed E-state index contributed by atoms with van der Waals surface area (Å²) in [5.41, 5.74) is 4.01. The number of fused-ring (bicyclic) bond motifs is 1. The summed E-state index contributed by atoms with van der Waals surface area (Å²) in [5, 5.41) is 3.20. The number of ether oxygens (including phenoxy) is 1. The molecule has 0 saturated carbocycles. The minimum atomic E-state index is 0.287. The quantitative estimate of drug-likeness (QED) is 0.696. The van der Waals surface area contributed by atoms with E-state index in [1.807, 2.05) is 11.6 Å². The topological polar surface area (TPSA) is 22.1 Å². The smallest absolute Gasteiger partial charge is 0.122 e. The SMILES string of the molecule is c1ccc(CC2CCc3cc(Cc4nccs4)ccc3O2)cc1. The number of benzene rings is 2. The predicted octanol–water partition coefficient (Wildman–Crippen LogP) is 4.67. The summed E-state index contributed by atoms with van der Waals surface area (Å²) in [7, 11) is 0. The van der Waals surface area contributed by atoms with Crippen LogP contribution in [-0.2, 0) is 19.3 Å². The third-order valence-corrected chi connectivity index (χ3v) is 5.08. The van der Waals surface area contributed by atoms with Crippen molar-refractivity contribution in [2.45, 2.75) is 31.8 Å². The lowest BCUT2D eigenvalue weighted by molar-refractivity contribution is 0.174. The van der Waals surface area contributed by atoms with E-state index >= 15 is 0 Å². The van der Waals surface area contributed by atoms with Crippen molar-refractivity contribution in [2.75, 3.05) is 0 Å². The monoisotopic (exact) mass is 321 g/mol. The molecule has 2 heterocycles. The van der Waals surface area contributed by atoms with Crippen molar-refractivity contribution in [2.24, 2.45) is 0 Å². The Morgan fingerprint density at radius 2 is 2.00 bits per heavy atom. The Morgan fingerprint density at radius 3 is 2.83 bits per heavy atom. The van der Waals surface area contributed by atoms with Gasteiger partial charge in [-0.05, 0) is 35.6 Å². The first-order valence-corrected chi connectivity index (χ1v) is 8.95. The van der Waals surface area contributed by atoms with E-state index in [2.05, 4.69) is 53.5 Å². The summed E-state index contributed by atoms with van der Waals surface area (Å²) in [6, 6.07) is 17.2. The molecule has 0 amide bonds. The molecular weight excluding hydrogens is 302 g/mol. The standard InChI is InChI=1S/C20H19NOS/c1-2-4-15(5-3-1)13-18-8-7-17-12-16(6-9-19(17)22-18)14-20-21-10-11-23-20/h1-6,9-12,18H,7-8,13-14H2. The maximum absolute atomic E-state index is 6.21. The fourth-order valence-electron chi connectivity index (χ4n) is 3.14. The Kier molecular flexibility index (Phi) is 4.12. The molecule has 1 aliphatic heterocycles. The minimum Gasteiger partial charge on any atom is -0.490 e. The van der Waals surface area contributed by atoms with E-state index in [-0.39, 0.29) is 6.10 Å². The number of nitrogens with zero attached hydrogens (tertiary/aromatic N) is 1. The van der Waals surface area contributed by atoms with E-state index in [1.54, 1.807) is 11.3 Å². The van der Waals surface area contributed by atoms with Crippen LogP contribution in [0.3, 0.4) is 0 Å². The molecule has 3 heteroatoms. The molecule has 3 aromatic rings. The van der Waals surface area contributed by atoms with E-state index in [0.717, 1.165) is 31.4 Å². The van der Waals surface area contributed by atoms with Crippen LogP contribution >= 0.6 is 11.3 Å². The van der Waals surface area contributed by atoms with Gasteiger partial charge in [-0.3, -0.25) is 0 Å². The van der Waals surface area contributed by atoms with Crippen molar-refractivity contribution < 1.29 is 4.74 Å². The second kappa shape index (κ2) is 6.55. The lowest BCUT2D eigenvalue weighted by atomic mass is 9.96. The Morgan fingerprint density at radius 1 is 1.09 bits per heavy atom. The van der Waals surface area contributed by atoms with Crippen molar-refractivity contribution >= 4 is 11.3 Å². The highest BCUT2D eigenvalue weighted by Gasteiger charge is 2.20. The van der Waals surface area contributed by atoms with Gasteiger partial charge in [-0.2, -0.15) is 0 Å². The molecule has 1 aromatic heterocycles. The van der Waals surface area contributed by atoms with Crippen LogP contribution in [0.5, 0.6) is 5.75 Å². The Bertz CT molecular complexity index is 768. The zero-order valence-corrected chi connectivity index (χ0v) is 13.8. The van der Waals surface area contributed by atoms with Gasteiger partial charge in [0.05, 0.1) is 5.01 Å². The van der Waals surface area contributed by atoms with Gasteiger partial charge in [-0.1, -0.05) is 42.5 Å². The molecule has 2 aromatic carbocycles. The molecule has 1 unspecified atom stereocenters. The molecular formula is C20H19NOS.